The first-order chi connectivity index (χ1) is 9.79. The van der Waals surface area contributed by atoms with Crippen LogP contribution in [0.25, 0.3) is 11.0 Å². The highest BCUT2D eigenvalue weighted by Gasteiger charge is 2.37. The van der Waals surface area contributed by atoms with Gasteiger partial charge in [0.2, 0.25) is 5.91 Å². The molecule has 0 spiro atoms. The first-order valence-electron chi connectivity index (χ1n) is 6.49. The molecule has 2 aliphatic heterocycles. The van der Waals surface area contributed by atoms with Gasteiger partial charge in [-0.2, -0.15) is 0 Å². The molecule has 3 heterocycles. The molecular weight excluding hydrogens is 290 g/mol. The summed E-state index contributed by atoms with van der Waals surface area (Å²) in [5, 5.41) is 1.33. The number of aromatic nitrogens is 2. The number of nitrogens with one attached hydrogen (secondary N) is 1. The maximum Gasteiger partial charge on any atom is 0.230 e. The van der Waals surface area contributed by atoms with Crippen LogP contribution < -0.4 is 0 Å². The molecule has 1 saturated heterocycles. The summed E-state index contributed by atoms with van der Waals surface area (Å²) in [5.41, 5.74) is 3.37. The maximum absolute atomic E-state index is 11.4. The molecule has 4 nitrogen and oxygen atoms in total. The monoisotopic (exact) mass is 303 g/mol. The van der Waals surface area contributed by atoms with E-state index in [0.717, 1.165) is 27.7 Å². The smallest absolute Gasteiger partial charge is 0.230 e. The minimum Gasteiger partial charge on any atom is -0.333 e. The SMILES string of the molecule is O=C1C[C@H]2SCC(CSc3nc4ccccc4[nH]3)=CN12. The quantitative estimate of drug-likeness (QED) is 0.700. The fourth-order valence-corrected chi connectivity index (χ4v) is 4.53. The van der Waals surface area contributed by atoms with Gasteiger partial charge >= 0.3 is 0 Å². The van der Waals surface area contributed by atoms with Crippen molar-refractivity contribution >= 4 is 40.5 Å². The second kappa shape index (κ2) is 4.86. The Morgan fingerprint density at radius 3 is 3.20 bits per heavy atom. The van der Waals surface area contributed by atoms with Crippen molar-refractivity contribution in [3.05, 3.63) is 36.0 Å². The van der Waals surface area contributed by atoms with Gasteiger partial charge in [-0.25, -0.2) is 4.98 Å². The van der Waals surface area contributed by atoms with Crippen LogP contribution in [-0.4, -0.2) is 37.7 Å². The Labute approximate surface area is 125 Å². The van der Waals surface area contributed by atoms with E-state index in [1.165, 1.54) is 5.57 Å². The molecule has 0 bridgehead atoms. The standard InChI is InChI=1S/C14H13N3OS2/c18-12-5-13-17(12)6-9(7-19-13)8-20-14-15-10-3-1-2-4-11(10)16-14/h1-4,6,13H,5,7-8H2,(H,15,16)/t13-/m1/s1. The average Bonchev–Trinajstić information content (AvgIpc) is 2.87. The Bertz CT molecular complexity index is 676. The lowest BCUT2D eigenvalue weighted by molar-refractivity contribution is -0.137. The number of hydrogen-bond donors (Lipinski definition) is 1. The first-order valence-corrected chi connectivity index (χ1v) is 8.53. The van der Waals surface area contributed by atoms with Gasteiger partial charge < -0.3 is 9.88 Å². The summed E-state index contributed by atoms with van der Waals surface area (Å²) in [4.78, 5) is 21.2. The highest BCUT2D eigenvalue weighted by atomic mass is 32.2. The van der Waals surface area contributed by atoms with Crippen molar-refractivity contribution in [2.75, 3.05) is 11.5 Å². The van der Waals surface area contributed by atoms with Crippen LogP contribution >= 0.6 is 23.5 Å². The predicted octanol–water partition coefficient (Wildman–Crippen LogP) is 2.84. The largest absolute Gasteiger partial charge is 0.333 e. The van der Waals surface area contributed by atoms with Crippen LogP contribution in [0, 0.1) is 0 Å². The van der Waals surface area contributed by atoms with Gasteiger partial charge in [0, 0.05) is 17.7 Å². The normalized spacial score (nSPS) is 21.6. The number of hydrogen-bond acceptors (Lipinski definition) is 4. The third-order valence-electron chi connectivity index (χ3n) is 3.49. The van der Waals surface area contributed by atoms with E-state index >= 15 is 0 Å². The summed E-state index contributed by atoms with van der Waals surface area (Å²) in [6.07, 6.45) is 2.73. The number of para-hydroxylation sites is 2. The molecule has 0 aliphatic carbocycles. The molecule has 1 amide bonds. The van der Waals surface area contributed by atoms with Gasteiger partial charge in [0.05, 0.1) is 22.8 Å². The molecule has 0 unspecified atom stereocenters. The fraction of sp³-hybridized carbons (Fsp3) is 0.286. The van der Waals surface area contributed by atoms with Crippen molar-refractivity contribution < 1.29 is 4.79 Å². The van der Waals surface area contributed by atoms with Crippen molar-refractivity contribution in [1.29, 1.82) is 0 Å². The van der Waals surface area contributed by atoms with E-state index in [0.29, 0.717) is 11.8 Å². The summed E-state index contributed by atoms with van der Waals surface area (Å²) in [6.45, 7) is 0. The predicted molar refractivity (Wildman–Crippen MR) is 82.6 cm³/mol. The number of carbonyl (C=O) groups excluding carboxylic acids is 1. The van der Waals surface area contributed by atoms with Crippen LogP contribution in [0.2, 0.25) is 0 Å². The Kier molecular flexibility index (Phi) is 3.00. The third-order valence-corrected chi connectivity index (χ3v) is 5.79. The highest BCUT2D eigenvalue weighted by Crippen LogP contribution is 2.36. The Morgan fingerprint density at radius 2 is 2.35 bits per heavy atom. The molecule has 20 heavy (non-hydrogen) atoms. The number of thioether (sulfide) groups is 2. The van der Waals surface area contributed by atoms with E-state index < -0.39 is 0 Å². The van der Waals surface area contributed by atoms with Gasteiger partial charge in [-0.15, -0.1) is 11.8 Å². The lowest BCUT2D eigenvalue weighted by Crippen LogP contribution is -2.49. The third kappa shape index (κ3) is 2.13. The number of H-pyrrole nitrogens is 1. The number of amides is 1. The average molecular weight is 303 g/mol. The fourth-order valence-electron chi connectivity index (χ4n) is 2.37. The number of rotatable bonds is 3. The summed E-state index contributed by atoms with van der Waals surface area (Å²) in [7, 11) is 0. The molecule has 1 fully saturated rings. The number of imidazole rings is 1. The first kappa shape index (κ1) is 12.3. The lowest BCUT2D eigenvalue weighted by atomic mass is 10.2. The topological polar surface area (TPSA) is 49.0 Å². The Hall–Kier alpha value is -1.40. The second-order valence-corrected chi connectivity index (χ2v) is 7.04. The summed E-state index contributed by atoms with van der Waals surface area (Å²) < 4.78 is 0. The van der Waals surface area contributed by atoms with E-state index in [1.54, 1.807) is 11.8 Å². The number of carbonyl (C=O) groups is 1. The van der Waals surface area contributed by atoms with E-state index in [-0.39, 0.29) is 5.91 Å². The van der Waals surface area contributed by atoms with Crippen molar-refractivity contribution in [2.24, 2.45) is 0 Å². The van der Waals surface area contributed by atoms with Crippen LogP contribution in [0.15, 0.2) is 41.2 Å². The van der Waals surface area contributed by atoms with Crippen LogP contribution in [0.3, 0.4) is 0 Å². The van der Waals surface area contributed by atoms with Gasteiger partial charge in [-0.3, -0.25) is 4.79 Å². The number of nitrogens with zero attached hydrogens (tertiary/aromatic N) is 2. The van der Waals surface area contributed by atoms with Crippen molar-refractivity contribution in [3.8, 4) is 0 Å². The van der Waals surface area contributed by atoms with Gasteiger partial charge in [0.1, 0.15) is 0 Å². The number of fused-ring (bicyclic) bond motifs is 2. The summed E-state index contributed by atoms with van der Waals surface area (Å²) >= 11 is 3.55. The van der Waals surface area contributed by atoms with E-state index in [9.17, 15) is 4.79 Å². The molecule has 1 N–H and O–H groups in total. The Balaban J connectivity index is 1.46. The van der Waals surface area contributed by atoms with Crippen molar-refractivity contribution in [3.63, 3.8) is 0 Å². The zero-order chi connectivity index (χ0) is 13.5. The van der Waals surface area contributed by atoms with E-state index in [1.807, 2.05) is 47.1 Å². The molecule has 6 heteroatoms. The Morgan fingerprint density at radius 1 is 1.45 bits per heavy atom. The number of benzene rings is 1. The molecule has 1 aromatic carbocycles. The lowest BCUT2D eigenvalue weighted by Gasteiger charge is -2.41. The molecular formula is C14H13N3OS2. The maximum atomic E-state index is 11.4. The highest BCUT2D eigenvalue weighted by molar-refractivity contribution is 8.00. The van der Waals surface area contributed by atoms with Crippen LogP contribution in [0.1, 0.15) is 6.42 Å². The molecule has 1 atom stereocenters. The molecule has 2 aliphatic rings. The zero-order valence-electron chi connectivity index (χ0n) is 10.7. The van der Waals surface area contributed by atoms with Crippen molar-refractivity contribution in [2.45, 2.75) is 17.0 Å². The molecule has 2 aromatic rings. The van der Waals surface area contributed by atoms with Gasteiger partial charge in [0.15, 0.2) is 5.16 Å². The van der Waals surface area contributed by atoms with Gasteiger partial charge in [0.25, 0.3) is 0 Å². The van der Waals surface area contributed by atoms with Gasteiger partial charge in [-0.05, 0) is 17.7 Å². The molecule has 1 aromatic heterocycles. The summed E-state index contributed by atoms with van der Waals surface area (Å²) in [6, 6.07) is 8.04. The molecule has 0 saturated carbocycles. The molecule has 0 radical (unpaired) electrons. The van der Waals surface area contributed by atoms with E-state index in [2.05, 4.69) is 9.97 Å². The van der Waals surface area contributed by atoms with Crippen LogP contribution in [0.5, 0.6) is 0 Å². The number of aromatic amines is 1. The minimum absolute atomic E-state index is 0.244. The second-order valence-electron chi connectivity index (χ2n) is 4.91. The minimum atomic E-state index is 0.244. The zero-order valence-corrected chi connectivity index (χ0v) is 12.3. The summed E-state index contributed by atoms with van der Waals surface area (Å²) in [5.74, 6) is 2.14. The van der Waals surface area contributed by atoms with E-state index in [4.69, 9.17) is 0 Å². The number of β-lactam (4-membered cyclic amide) rings is 1. The molecule has 4 rings (SSSR count). The van der Waals surface area contributed by atoms with Crippen LogP contribution in [-0.2, 0) is 4.79 Å². The van der Waals surface area contributed by atoms with Crippen LogP contribution in [0.4, 0.5) is 0 Å². The van der Waals surface area contributed by atoms with Gasteiger partial charge in [-0.1, -0.05) is 23.9 Å². The molecule has 102 valence electrons. The van der Waals surface area contributed by atoms with Crippen molar-refractivity contribution in [1.82, 2.24) is 14.9 Å².